The molecule has 0 aromatic heterocycles. The van der Waals surface area contributed by atoms with Crippen molar-refractivity contribution in [2.45, 2.75) is 45.2 Å². The predicted octanol–water partition coefficient (Wildman–Crippen LogP) is 1.47. The quantitative estimate of drug-likeness (QED) is 0.660. The topological polar surface area (TPSA) is 15.3 Å². The van der Waals surface area contributed by atoms with Crippen molar-refractivity contribution in [1.82, 2.24) is 10.2 Å². The van der Waals surface area contributed by atoms with Gasteiger partial charge in [0, 0.05) is 18.6 Å². The van der Waals surface area contributed by atoms with Crippen LogP contribution in [-0.2, 0) is 0 Å². The number of nitrogens with one attached hydrogen (secondary N) is 1. The van der Waals surface area contributed by atoms with E-state index in [1.807, 2.05) is 0 Å². The fourth-order valence-corrected chi connectivity index (χ4v) is 2.72. The highest BCUT2D eigenvalue weighted by Crippen LogP contribution is 2.26. The maximum Gasteiger partial charge on any atom is 0.0223 e. The molecule has 76 valence electrons. The Kier molecular flexibility index (Phi) is 2.89. The van der Waals surface area contributed by atoms with Crippen LogP contribution in [0.5, 0.6) is 0 Å². The average Bonchev–Trinajstić information content (AvgIpc) is 2.17. The van der Waals surface area contributed by atoms with Crippen LogP contribution in [0.3, 0.4) is 0 Å². The first kappa shape index (κ1) is 9.47. The van der Waals surface area contributed by atoms with Crippen molar-refractivity contribution >= 4 is 0 Å². The molecule has 2 atom stereocenters. The number of hydrogen-bond acceptors (Lipinski definition) is 2. The smallest absolute Gasteiger partial charge is 0.0223 e. The summed E-state index contributed by atoms with van der Waals surface area (Å²) in [6, 6.07) is 1.52. The summed E-state index contributed by atoms with van der Waals surface area (Å²) in [5.74, 6) is 0.976. The van der Waals surface area contributed by atoms with Crippen molar-refractivity contribution in [1.29, 1.82) is 0 Å². The summed E-state index contributed by atoms with van der Waals surface area (Å²) < 4.78 is 0. The molecule has 0 spiro atoms. The van der Waals surface area contributed by atoms with Gasteiger partial charge in [0.1, 0.15) is 0 Å². The summed E-state index contributed by atoms with van der Waals surface area (Å²) in [5, 5.41) is 3.66. The van der Waals surface area contributed by atoms with E-state index in [1.165, 1.54) is 38.9 Å². The maximum atomic E-state index is 3.66. The Hall–Kier alpha value is -0.0800. The van der Waals surface area contributed by atoms with Crippen LogP contribution in [0.25, 0.3) is 0 Å². The molecule has 2 heterocycles. The summed E-state index contributed by atoms with van der Waals surface area (Å²) in [5.41, 5.74) is 0. The largest absolute Gasteiger partial charge is 0.312 e. The Morgan fingerprint density at radius 1 is 1.31 bits per heavy atom. The van der Waals surface area contributed by atoms with Crippen molar-refractivity contribution in [2.75, 3.05) is 19.6 Å². The number of rotatable bonds is 1. The molecule has 13 heavy (non-hydrogen) atoms. The third-order valence-electron chi connectivity index (χ3n) is 3.68. The zero-order valence-electron chi connectivity index (χ0n) is 8.92. The van der Waals surface area contributed by atoms with Gasteiger partial charge in [-0.05, 0) is 52.1 Å². The molecule has 0 aliphatic carbocycles. The van der Waals surface area contributed by atoms with E-state index in [-0.39, 0.29) is 0 Å². The highest BCUT2D eigenvalue weighted by atomic mass is 15.2. The van der Waals surface area contributed by atoms with Crippen LogP contribution in [0.1, 0.15) is 33.1 Å². The van der Waals surface area contributed by atoms with Gasteiger partial charge in [-0.15, -0.1) is 0 Å². The molecule has 2 aliphatic heterocycles. The minimum absolute atomic E-state index is 0.727. The van der Waals surface area contributed by atoms with E-state index < -0.39 is 0 Å². The molecule has 2 fully saturated rings. The summed E-state index contributed by atoms with van der Waals surface area (Å²) in [6.45, 7) is 8.46. The van der Waals surface area contributed by atoms with Gasteiger partial charge in [-0.25, -0.2) is 0 Å². The fourth-order valence-electron chi connectivity index (χ4n) is 2.72. The zero-order chi connectivity index (χ0) is 9.26. The highest BCUT2D eigenvalue weighted by Gasteiger charge is 2.31. The molecule has 2 heteroatoms. The third kappa shape index (κ3) is 2.05. The second-order valence-electron chi connectivity index (χ2n) is 4.84. The second-order valence-corrected chi connectivity index (χ2v) is 4.84. The lowest BCUT2D eigenvalue weighted by Gasteiger charge is -2.43. The van der Waals surface area contributed by atoms with Gasteiger partial charge in [0.05, 0.1) is 0 Å². The minimum Gasteiger partial charge on any atom is -0.312 e. The summed E-state index contributed by atoms with van der Waals surface area (Å²) >= 11 is 0. The molecule has 0 radical (unpaired) electrons. The standard InChI is InChI=1S/C11H22N2/c1-9(2)13-7-5-10-4-3-6-12-11(10)8-13/h9-12H,3-8H2,1-2H3/t10-,11+/m1/s1. The van der Waals surface area contributed by atoms with Gasteiger partial charge in [-0.3, -0.25) is 4.90 Å². The van der Waals surface area contributed by atoms with E-state index in [9.17, 15) is 0 Å². The molecular formula is C11H22N2. The van der Waals surface area contributed by atoms with Gasteiger partial charge in [-0.2, -0.15) is 0 Å². The molecule has 0 aromatic carbocycles. The van der Waals surface area contributed by atoms with E-state index in [4.69, 9.17) is 0 Å². The fraction of sp³-hybridized carbons (Fsp3) is 1.00. The molecule has 2 aliphatic rings. The van der Waals surface area contributed by atoms with E-state index >= 15 is 0 Å². The van der Waals surface area contributed by atoms with Gasteiger partial charge in [-0.1, -0.05) is 0 Å². The summed E-state index contributed by atoms with van der Waals surface area (Å²) in [7, 11) is 0. The van der Waals surface area contributed by atoms with E-state index in [1.54, 1.807) is 0 Å². The first-order valence-electron chi connectivity index (χ1n) is 5.75. The number of nitrogens with zero attached hydrogens (tertiary/aromatic N) is 1. The van der Waals surface area contributed by atoms with E-state index in [0.29, 0.717) is 0 Å². The average molecular weight is 182 g/mol. The molecular weight excluding hydrogens is 160 g/mol. The molecule has 0 saturated carbocycles. The Balaban J connectivity index is 1.91. The second kappa shape index (κ2) is 3.97. The third-order valence-corrected chi connectivity index (χ3v) is 3.68. The van der Waals surface area contributed by atoms with Crippen molar-refractivity contribution in [2.24, 2.45) is 5.92 Å². The lowest BCUT2D eigenvalue weighted by molar-refractivity contribution is 0.0942. The van der Waals surface area contributed by atoms with Gasteiger partial charge in [0.2, 0.25) is 0 Å². The number of fused-ring (bicyclic) bond motifs is 1. The molecule has 1 N–H and O–H groups in total. The van der Waals surface area contributed by atoms with Gasteiger partial charge < -0.3 is 5.32 Å². The first-order chi connectivity index (χ1) is 6.27. The monoisotopic (exact) mass is 182 g/mol. The number of hydrogen-bond donors (Lipinski definition) is 1. The van der Waals surface area contributed by atoms with E-state index in [0.717, 1.165) is 18.0 Å². The van der Waals surface area contributed by atoms with Crippen LogP contribution < -0.4 is 5.32 Å². The van der Waals surface area contributed by atoms with Crippen molar-refractivity contribution in [3.63, 3.8) is 0 Å². The molecule has 2 rings (SSSR count). The molecule has 0 bridgehead atoms. The molecule has 0 amide bonds. The SMILES string of the molecule is CC(C)N1CC[C@H]2CCCN[C@H]2C1. The lowest BCUT2D eigenvalue weighted by atomic mass is 9.84. The van der Waals surface area contributed by atoms with Crippen LogP contribution in [0, 0.1) is 5.92 Å². The molecule has 0 unspecified atom stereocenters. The summed E-state index contributed by atoms with van der Waals surface area (Å²) in [4.78, 5) is 2.61. The van der Waals surface area contributed by atoms with Crippen LogP contribution in [0.15, 0.2) is 0 Å². The molecule has 2 nitrogen and oxygen atoms in total. The lowest BCUT2D eigenvalue weighted by Crippen LogP contribution is -2.54. The van der Waals surface area contributed by atoms with Crippen LogP contribution in [0.4, 0.5) is 0 Å². The summed E-state index contributed by atoms with van der Waals surface area (Å²) in [6.07, 6.45) is 4.27. The van der Waals surface area contributed by atoms with Gasteiger partial charge >= 0.3 is 0 Å². The normalized spacial score (nSPS) is 36.2. The van der Waals surface area contributed by atoms with Gasteiger partial charge in [0.15, 0.2) is 0 Å². The first-order valence-corrected chi connectivity index (χ1v) is 5.75. The maximum absolute atomic E-state index is 3.66. The number of likely N-dealkylation sites (tertiary alicyclic amines) is 1. The van der Waals surface area contributed by atoms with Crippen molar-refractivity contribution in [3.05, 3.63) is 0 Å². The number of piperidine rings is 2. The van der Waals surface area contributed by atoms with Crippen LogP contribution in [-0.4, -0.2) is 36.6 Å². The van der Waals surface area contributed by atoms with Crippen molar-refractivity contribution in [3.8, 4) is 0 Å². The Morgan fingerprint density at radius 2 is 2.15 bits per heavy atom. The predicted molar refractivity (Wildman–Crippen MR) is 55.8 cm³/mol. The highest BCUT2D eigenvalue weighted by molar-refractivity contribution is 4.89. The van der Waals surface area contributed by atoms with Crippen LogP contribution >= 0.6 is 0 Å². The zero-order valence-corrected chi connectivity index (χ0v) is 8.92. The Labute approximate surface area is 81.7 Å². The van der Waals surface area contributed by atoms with E-state index in [2.05, 4.69) is 24.1 Å². The minimum atomic E-state index is 0.727. The van der Waals surface area contributed by atoms with Gasteiger partial charge in [0.25, 0.3) is 0 Å². The van der Waals surface area contributed by atoms with Crippen LogP contribution in [0.2, 0.25) is 0 Å². The Morgan fingerprint density at radius 3 is 2.92 bits per heavy atom. The van der Waals surface area contributed by atoms with Crippen molar-refractivity contribution < 1.29 is 0 Å². The Bertz CT molecular complexity index is 167. The molecule has 2 saturated heterocycles. The molecule has 0 aromatic rings.